The number of para-hydroxylation sites is 1. The highest BCUT2D eigenvalue weighted by Crippen LogP contribution is 2.28. The van der Waals surface area contributed by atoms with E-state index in [4.69, 9.17) is 23.2 Å². The molecular weight excluding hydrogens is 441 g/mol. The van der Waals surface area contributed by atoms with Gasteiger partial charge in [-0.1, -0.05) is 83.5 Å². The molecule has 0 unspecified atom stereocenters. The molecule has 0 saturated heterocycles. The third kappa shape index (κ3) is 4.64. The van der Waals surface area contributed by atoms with Gasteiger partial charge in [-0.15, -0.1) is 10.2 Å². The Bertz CT molecular complexity index is 1170. The zero-order valence-corrected chi connectivity index (χ0v) is 17.8. The van der Waals surface area contributed by atoms with Crippen LogP contribution in [0, 0.1) is 0 Å². The highest BCUT2D eigenvalue weighted by atomic mass is 35.5. The van der Waals surface area contributed by atoms with E-state index >= 15 is 0 Å². The van der Waals surface area contributed by atoms with Crippen LogP contribution in [0.5, 0.6) is 0 Å². The minimum atomic E-state index is -0.263. The van der Waals surface area contributed by atoms with Crippen LogP contribution in [-0.2, 0) is 4.79 Å². The predicted molar refractivity (Wildman–Crippen MR) is 120 cm³/mol. The van der Waals surface area contributed by atoms with Gasteiger partial charge in [0.1, 0.15) is 0 Å². The van der Waals surface area contributed by atoms with E-state index in [1.54, 1.807) is 0 Å². The molecule has 0 aliphatic carbocycles. The van der Waals surface area contributed by atoms with Gasteiger partial charge in [-0.3, -0.25) is 9.36 Å². The molecule has 4 rings (SSSR count). The monoisotopic (exact) mass is 455 g/mol. The first-order valence-electron chi connectivity index (χ1n) is 8.92. The second-order valence-corrected chi connectivity index (χ2v) is 7.95. The quantitative estimate of drug-likeness (QED) is 0.395. The van der Waals surface area contributed by atoms with Gasteiger partial charge in [-0.05, 0) is 18.2 Å². The first kappa shape index (κ1) is 20.4. The Hall–Kier alpha value is -2.87. The van der Waals surface area contributed by atoms with Crippen molar-refractivity contribution < 1.29 is 4.79 Å². The van der Waals surface area contributed by atoms with E-state index in [-0.39, 0.29) is 22.5 Å². The Morgan fingerprint density at radius 1 is 1.00 bits per heavy atom. The number of pyridine rings is 1. The van der Waals surface area contributed by atoms with Gasteiger partial charge in [-0.25, -0.2) is 4.98 Å². The SMILES string of the molecule is O=C(CSc1nnc(-c2ccccc2)n1-c1ccccc1)Nc1ncc(Cl)cc1Cl. The summed E-state index contributed by atoms with van der Waals surface area (Å²) < 4.78 is 1.93. The van der Waals surface area contributed by atoms with Gasteiger partial charge in [0.15, 0.2) is 16.8 Å². The van der Waals surface area contributed by atoms with Gasteiger partial charge in [0, 0.05) is 17.4 Å². The summed E-state index contributed by atoms with van der Waals surface area (Å²) in [7, 11) is 0. The van der Waals surface area contributed by atoms with Crippen molar-refractivity contribution in [3.05, 3.63) is 83.0 Å². The molecular formula is C21H15Cl2N5OS. The van der Waals surface area contributed by atoms with Crippen LogP contribution >= 0.6 is 35.0 Å². The lowest BCUT2D eigenvalue weighted by atomic mass is 10.2. The zero-order chi connectivity index (χ0) is 20.9. The lowest BCUT2D eigenvalue weighted by Gasteiger charge is -2.10. The highest BCUT2D eigenvalue weighted by Gasteiger charge is 2.17. The maximum absolute atomic E-state index is 12.4. The average molecular weight is 456 g/mol. The van der Waals surface area contributed by atoms with E-state index in [9.17, 15) is 4.79 Å². The largest absolute Gasteiger partial charge is 0.309 e. The number of nitrogens with one attached hydrogen (secondary N) is 1. The van der Waals surface area contributed by atoms with Gasteiger partial charge >= 0.3 is 0 Å². The van der Waals surface area contributed by atoms with Crippen molar-refractivity contribution in [2.45, 2.75) is 5.16 Å². The Labute approximate surface area is 187 Å². The summed E-state index contributed by atoms with van der Waals surface area (Å²) in [5.74, 6) is 0.814. The number of hydrogen-bond acceptors (Lipinski definition) is 5. The van der Waals surface area contributed by atoms with Gasteiger partial charge in [0.25, 0.3) is 0 Å². The van der Waals surface area contributed by atoms with E-state index in [1.165, 1.54) is 24.0 Å². The van der Waals surface area contributed by atoms with Crippen molar-refractivity contribution in [1.82, 2.24) is 19.7 Å². The molecule has 6 nitrogen and oxygen atoms in total. The summed E-state index contributed by atoms with van der Waals surface area (Å²) in [4.78, 5) is 16.5. The molecule has 0 saturated carbocycles. The molecule has 0 fully saturated rings. The summed E-state index contributed by atoms with van der Waals surface area (Å²) in [6.45, 7) is 0. The Kier molecular flexibility index (Phi) is 6.32. The van der Waals surface area contributed by atoms with Crippen LogP contribution in [0.4, 0.5) is 5.82 Å². The number of amides is 1. The minimum absolute atomic E-state index is 0.111. The molecule has 2 aromatic carbocycles. The fourth-order valence-electron chi connectivity index (χ4n) is 2.75. The molecule has 0 atom stereocenters. The van der Waals surface area contributed by atoms with Gasteiger partial charge in [0.2, 0.25) is 5.91 Å². The standard InChI is InChI=1S/C21H15Cl2N5OS/c22-15-11-17(23)19(24-12-15)25-18(29)13-30-21-27-26-20(14-7-3-1-4-8-14)28(21)16-9-5-2-6-10-16/h1-12H,13H2,(H,24,25,29). The zero-order valence-electron chi connectivity index (χ0n) is 15.5. The van der Waals surface area contributed by atoms with Crippen molar-refractivity contribution in [2.75, 3.05) is 11.1 Å². The number of hydrogen-bond donors (Lipinski definition) is 1. The van der Waals surface area contributed by atoms with Crippen LogP contribution in [-0.4, -0.2) is 31.4 Å². The number of aromatic nitrogens is 4. The molecule has 30 heavy (non-hydrogen) atoms. The van der Waals surface area contributed by atoms with Crippen molar-refractivity contribution in [3.8, 4) is 17.1 Å². The van der Waals surface area contributed by atoms with Crippen LogP contribution in [0.3, 0.4) is 0 Å². The molecule has 1 N–H and O–H groups in total. The first-order valence-corrected chi connectivity index (χ1v) is 10.7. The van der Waals surface area contributed by atoms with E-state index in [0.29, 0.717) is 16.0 Å². The highest BCUT2D eigenvalue weighted by molar-refractivity contribution is 7.99. The molecule has 2 heterocycles. The van der Waals surface area contributed by atoms with Crippen molar-refractivity contribution in [1.29, 1.82) is 0 Å². The normalized spacial score (nSPS) is 10.7. The third-order valence-corrected chi connectivity index (χ3v) is 5.50. The summed E-state index contributed by atoms with van der Waals surface area (Å²) in [5, 5.41) is 12.6. The number of rotatable bonds is 6. The summed E-state index contributed by atoms with van der Waals surface area (Å²) in [5.41, 5.74) is 1.84. The van der Waals surface area contributed by atoms with Gasteiger partial charge < -0.3 is 5.32 Å². The van der Waals surface area contributed by atoms with Crippen LogP contribution < -0.4 is 5.32 Å². The maximum atomic E-state index is 12.4. The van der Waals surface area contributed by atoms with E-state index < -0.39 is 0 Å². The van der Waals surface area contributed by atoms with Gasteiger partial charge in [-0.2, -0.15) is 0 Å². The molecule has 4 aromatic rings. The molecule has 0 aliphatic heterocycles. The van der Waals surface area contributed by atoms with Crippen LogP contribution in [0.2, 0.25) is 10.0 Å². The van der Waals surface area contributed by atoms with Crippen LogP contribution in [0.15, 0.2) is 78.1 Å². The molecule has 0 spiro atoms. The first-order chi connectivity index (χ1) is 14.6. The Morgan fingerprint density at radius 3 is 2.40 bits per heavy atom. The second kappa shape index (κ2) is 9.30. The maximum Gasteiger partial charge on any atom is 0.236 e. The number of carbonyl (C=O) groups excluding carboxylic acids is 1. The smallest absolute Gasteiger partial charge is 0.236 e. The topological polar surface area (TPSA) is 72.7 Å². The Morgan fingerprint density at radius 2 is 1.70 bits per heavy atom. The molecule has 0 bridgehead atoms. The minimum Gasteiger partial charge on any atom is -0.309 e. The van der Waals surface area contributed by atoms with Gasteiger partial charge in [0.05, 0.1) is 15.8 Å². The molecule has 1 amide bonds. The number of halogens is 2. The molecule has 9 heteroatoms. The van der Waals surface area contributed by atoms with Crippen molar-refractivity contribution >= 4 is 46.7 Å². The number of thioether (sulfide) groups is 1. The van der Waals surface area contributed by atoms with E-state index in [1.807, 2.05) is 65.2 Å². The summed E-state index contributed by atoms with van der Waals surface area (Å²) >= 11 is 13.2. The van der Waals surface area contributed by atoms with Crippen LogP contribution in [0.25, 0.3) is 17.1 Å². The number of anilines is 1. The number of benzene rings is 2. The fourth-order valence-corrected chi connectivity index (χ4v) is 3.93. The summed E-state index contributed by atoms with van der Waals surface area (Å²) in [6.07, 6.45) is 1.42. The molecule has 150 valence electrons. The second-order valence-electron chi connectivity index (χ2n) is 6.16. The van der Waals surface area contributed by atoms with E-state index in [2.05, 4.69) is 20.5 Å². The fraction of sp³-hybridized carbons (Fsp3) is 0.0476. The molecule has 0 radical (unpaired) electrons. The van der Waals surface area contributed by atoms with Crippen molar-refractivity contribution in [3.63, 3.8) is 0 Å². The number of nitrogens with zero attached hydrogens (tertiary/aromatic N) is 4. The lowest BCUT2D eigenvalue weighted by molar-refractivity contribution is -0.113. The summed E-state index contributed by atoms with van der Waals surface area (Å²) in [6, 6.07) is 21.1. The Balaban J connectivity index is 1.57. The third-order valence-electron chi connectivity index (χ3n) is 4.08. The predicted octanol–water partition coefficient (Wildman–Crippen LogP) is 5.37. The average Bonchev–Trinajstić information content (AvgIpc) is 3.19. The number of carbonyl (C=O) groups is 1. The molecule has 2 aromatic heterocycles. The molecule has 0 aliphatic rings. The lowest BCUT2D eigenvalue weighted by Crippen LogP contribution is -2.15. The van der Waals surface area contributed by atoms with E-state index in [0.717, 1.165) is 11.3 Å². The van der Waals surface area contributed by atoms with Crippen LogP contribution in [0.1, 0.15) is 0 Å². The van der Waals surface area contributed by atoms with Crippen molar-refractivity contribution in [2.24, 2.45) is 0 Å².